The van der Waals surface area contributed by atoms with Crippen LogP contribution in [0.3, 0.4) is 0 Å². The minimum absolute atomic E-state index is 0.471. The van der Waals surface area contributed by atoms with Crippen molar-refractivity contribution >= 4 is 21.9 Å². The van der Waals surface area contributed by atoms with Gasteiger partial charge in [-0.05, 0) is 11.1 Å². The van der Waals surface area contributed by atoms with Gasteiger partial charge < -0.3 is 15.3 Å². The average Bonchev–Trinajstić information content (AvgIpc) is 2.27. The summed E-state index contributed by atoms with van der Waals surface area (Å²) in [5.74, 6) is -1.14. The maximum absolute atomic E-state index is 10.4. The number of aliphatic carboxylic acids is 1. The number of hydrogen-bond acceptors (Lipinski definition) is 3. The standard InChI is InChI=1S/C11H13BrO4/c12-6-7-1-3-8(4-2-7)11(16)9(13)5-10(14)15/h1-4,9,11,13,16H,5-6H2,(H,14,15). The molecule has 0 saturated carbocycles. The molecule has 0 aromatic heterocycles. The number of alkyl halides is 1. The van der Waals surface area contributed by atoms with E-state index in [9.17, 15) is 15.0 Å². The van der Waals surface area contributed by atoms with E-state index < -0.39 is 24.6 Å². The predicted molar refractivity (Wildman–Crippen MR) is 62.3 cm³/mol. The average molecular weight is 289 g/mol. The van der Waals surface area contributed by atoms with Crippen LogP contribution in [0.15, 0.2) is 24.3 Å². The molecule has 0 amide bonds. The van der Waals surface area contributed by atoms with Crippen LogP contribution in [0.4, 0.5) is 0 Å². The van der Waals surface area contributed by atoms with Crippen LogP contribution in [0.25, 0.3) is 0 Å². The third-order valence-electron chi connectivity index (χ3n) is 2.22. The highest BCUT2D eigenvalue weighted by Gasteiger charge is 2.20. The van der Waals surface area contributed by atoms with Gasteiger partial charge in [-0.2, -0.15) is 0 Å². The van der Waals surface area contributed by atoms with Crippen LogP contribution in [0.1, 0.15) is 23.7 Å². The molecule has 0 spiro atoms. The fourth-order valence-electron chi connectivity index (χ4n) is 1.32. The smallest absolute Gasteiger partial charge is 0.306 e. The summed E-state index contributed by atoms with van der Waals surface area (Å²) in [6.07, 6.45) is -2.92. The van der Waals surface area contributed by atoms with Gasteiger partial charge in [0, 0.05) is 5.33 Å². The molecule has 1 rings (SSSR count). The van der Waals surface area contributed by atoms with Crippen molar-refractivity contribution in [1.29, 1.82) is 0 Å². The lowest BCUT2D eigenvalue weighted by Crippen LogP contribution is -2.21. The Morgan fingerprint density at radius 3 is 2.25 bits per heavy atom. The maximum Gasteiger partial charge on any atom is 0.306 e. The first-order valence-corrected chi connectivity index (χ1v) is 5.89. The molecule has 0 fully saturated rings. The summed E-state index contributed by atoms with van der Waals surface area (Å²) in [6, 6.07) is 6.96. The number of hydrogen-bond donors (Lipinski definition) is 3. The minimum Gasteiger partial charge on any atom is -0.481 e. The zero-order chi connectivity index (χ0) is 12.1. The van der Waals surface area contributed by atoms with E-state index in [0.29, 0.717) is 10.9 Å². The second kappa shape index (κ2) is 5.98. The van der Waals surface area contributed by atoms with Crippen LogP contribution in [0.2, 0.25) is 0 Å². The Morgan fingerprint density at radius 2 is 1.81 bits per heavy atom. The highest BCUT2D eigenvalue weighted by atomic mass is 79.9. The quantitative estimate of drug-likeness (QED) is 0.717. The summed E-state index contributed by atoms with van der Waals surface area (Å²) in [7, 11) is 0. The van der Waals surface area contributed by atoms with Gasteiger partial charge in [0.15, 0.2) is 0 Å². The number of benzene rings is 1. The molecule has 0 bridgehead atoms. The van der Waals surface area contributed by atoms with E-state index in [0.717, 1.165) is 5.56 Å². The van der Waals surface area contributed by atoms with Gasteiger partial charge in [0.1, 0.15) is 6.10 Å². The van der Waals surface area contributed by atoms with Gasteiger partial charge in [0.05, 0.1) is 12.5 Å². The zero-order valence-electron chi connectivity index (χ0n) is 8.51. The van der Waals surface area contributed by atoms with E-state index in [1.54, 1.807) is 24.3 Å². The Balaban J connectivity index is 2.71. The highest BCUT2D eigenvalue weighted by molar-refractivity contribution is 9.08. The molecule has 88 valence electrons. The van der Waals surface area contributed by atoms with E-state index in [1.165, 1.54) is 0 Å². The fourth-order valence-corrected chi connectivity index (χ4v) is 1.69. The monoisotopic (exact) mass is 288 g/mol. The molecule has 0 radical (unpaired) electrons. The number of carbonyl (C=O) groups is 1. The normalized spacial score (nSPS) is 14.4. The molecular weight excluding hydrogens is 276 g/mol. The van der Waals surface area contributed by atoms with Gasteiger partial charge in [-0.1, -0.05) is 40.2 Å². The van der Waals surface area contributed by atoms with E-state index in [-0.39, 0.29) is 0 Å². The lowest BCUT2D eigenvalue weighted by molar-refractivity contribution is -0.141. The van der Waals surface area contributed by atoms with Gasteiger partial charge in [-0.15, -0.1) is 0 Å². The van der Waals surface area contributed by atoms with Crippen molar-refractivity contribution in [2.75, 3.05) is 0 Å². The summed E-state index contributed by atoms with van der Waals surface area (Å²) in [5, 5.41) is 28.3. The molecule has 0 saturated heterocycles. The second-order valence-corrected chi connectivity index (χ2v) is 4.05. The van der Waals surface area contributed by atoms with Crippen molar-refractivity contribution in [2.24, 2.45) is 0 Å². The first-order chi connectivity index (χ1) is 7.54. The zero-order valence-corrected chi connectivity index (χ0v) is 10.1. The first kappa shape index (κ1) is 13.2. The van der Waals surface area contributed by atoms with Crippen LogP contribution in [0, 0.1) is 0 Å². The first-order valence-electron chi connectivity index (χ1n) is 4.77. The lowest BCUT2D eigenvalue weighted by atomic mass is 10.0. The number of halogens is 1. The summed E-state index contributed by atoms with van der Waals surface area (Å²) in [6.45, 7) is 0. The second-order valence-electron chi connectivity index (χ2n) is 3.49. The van der Waals surface area contributed by atoms with Crippen molar-refractivity contribution in [2.45, 2.75) is 24.0 Å². The van der Waals surface area contributed by atoms with E-state index in [2.05, 4.69) is 15.9 Å². The van der Waals surface area contributed by atoms with E-state index in [4.69, 9.17) is 5.11 Å². The van der Waals surface area contributed by atoms with Gasteiger partial charge >= 0.3 is 5.97 Å². The molecule has 4 nitrogen and oxygen atoms in total. The maximum atomic E-state index is 10.4. The molecule has 1 aromatic carbocycles. The van der Waals surface area contributed by atoms with Gasteiger partial charge in [0.25, 0.3) is 0 Å². The van der Waals surface area contributed by atoms with Crippen molar-refractivity contribution in [1.82, 2.24) is 0 Å². The Morgan fingerprint density at radius 1 is 1.25 bits per heavy atom. The number of aliphatic hydroxyl groups is 2. The molecule has 3 N–H and O–H groups in total. The molecular formula is C11H13BrO4. The van der Waals surface area contributed by atoms with Crippen LogP contribution in [-0.4, -0.2) is 27.4 Å². The Hall–Kier alpha value is -0.910. The Bertz CT molecular complexity index is 350. The SMILES string of the molecule is O=C(O)CC(O)C(O)c1ccc(CBr)cc1. The molecule has 5 heteroatoms. The summed E-state index contributed by atoms with van der Waals surface area (Å²) in [5.41, 5.74) is 1.56. The van der Waals surface area contributed by atoms with Crippen molar-refractivity contribution in [3.05, 3.63) is 35.4 Å². The molecule has 0 aliphatic carbocycles. The lowest BCUT2D eigenvalue weighted by Gasteiger charge is -2.16. The summed E-state index contributed by atoms with van der Waals surface area (Å²) in [4.78, 5) is 10.4. The largest absolute Gasteiger partial charge is 0.481 e. The molecule has 2 atom stereocenters. The van der Waals surface area contributed by atoms with Crippen LogP contribution in [-0.2, 0) is 10.1 Å². The molecule has 2 unspecified atom stereocenters. The molecule has 0 aliphatic rings. The van der Waals surface area contributed by atoms with Crippen LogP contribution in [0.5, 0.6) is 0 Å². The van der Waals surface area contributed by atoms with E-state index in [1.807, 2.05) is 0 Å². The number of carboxylic acids is 1. The topological polar surface area (TPSA) is 77.8 Å². The van der Waals surface area contributed by atoms with Gasteiger partial charge in [-0.3, -0.25) is 4.79 Å². The van der Waals surface area contributed by atoms with E-state index >= 15 is 0 Å². The third kappa shape index (κ3) is 3.59. The highest BCUT2D eigenvalue weighted by Crippen LogP contribution is 2.20. The third-order valence-corrected chi connectivity index (χ3v) is 2.87. The van der Waals surface area contributed by atoms with Crippen LogP contribution >= 0.6 is 15.9 Å². The molecule has 16 heavy (non-hydrogen) atoms. The summed E-state index contributed by atoms with van der Waals surface area (Å²) < 4.78 is 0. The number of rotatable bonds is 5. The minimum atomic E-state index is -1.28. The Labute approximate surface area is 102 Å². The number of aliphatic hydroxyl groups excluding tert-OH is 2. The Kier molecular flexibility index (Phi) is 4.92. The van der Waals surface area contributed by atoms with Gasteiger partial charge in [-0.25, -0.2) is 0 Å². The number of carboxylic acid groups (broad SMARTS) is 1. The van der Waals surface area contributed by atoms with Crippen molar-refractivity contribution < 1.29 is 20.1 Å². The van der Waals surface area contributed by atoms with Crippen molar-refractivity contribution in [3.63, 3.8) is 0 Å². The fraction of sp³-hybridized carbons (Fsp3) is 0.364. The molecule has 1 aromatic rings. The van der Waals surface area contributed by atoms with Crippen molar-refractivity contribution in [3.8, 4) is 0 Å². The molecule has 0 heterocycles. The molecule has 0 aliphatic heterocycles. The predicted octanol–water partition coefficient (Wildman–Crippen LogP) is 1.45. The summed E-state index contributed by atoms with van der Waals surface area (Å²) >= 11 is 3.29. The van der Waals surface area contributed by atoms with Gasteiger partial charge in [0.2, 0.25) is 0 Å². The van der Waals surface area contributed by atoms with Crippen LogP contribution < -0.4 is 0 Å².